The SMILES string of the molecule is Cc1cc(C)cc(NC(=O)CNS(=O)(=O)c2cccc(Cl)c2)c1. The number of hydrogen-bond acceptors (Lipinski definition) is 3. The van der Waals surface area contributed by atoms with Crippen molar-refractivity contribution in [3.8, 4) is 0 Å². The zero-order chi connectivity index (χ0) is 17.0. The van der Waals surface area contributed by atoms with Crippen molar-refractivity contribution < 1.29 is 13.2 Å². The van der Waals surface area contributed by atoms with E-state index < -0.39 is 15.9 Å². The third-order valence-electron chi connectivity index (χ3n) is 3.03. The fourth-order valence-electron chi connectivity index (χ4n) is 2.13. The smallest absolute Gasteiger partial charge is 0.241 e. The summed E-state index contributed by atoms with van der Waals surface area (Å²) in [6, 6.07) is 11.5. The van der Waals surface area contributed by atoms with Gasteiger partial charge >= 0.3 is 0 Å². The maximum Gasteiger partial charge on any atom is 0.241 e. The molecule has 0 aliphatic heterocycles. The summed E-state index contributed by atoms with van der Waals surface area (Å²) in [6.45, 7) is 3.48. The third kappa shape index (κ3) is 5.06. The predicted octanol–water partition coefficient (Wildman–Crippen LogP) is 2.87. The number of rotatable bonds is 5. The number of amides is 1. The van der Waals surface area contributed by atoms with Gasteiger partial charge in [0, 0.05) is 10.7 Å². The molecule has 0 atom stereocenters. The van der Waals surface area contributed by atoms with Gasteiger partial charge in [0.1, 0.15) is 0 Å². The molecule has 0 saturated carbocycles. The fourth-order valence-corrected chi connectivity index (χ4v) is 3.41. The second kappa shape index (κ2) is 7.12. The van der Waals surface area contributed by atoms with Crippen molar-refractivity contribution in [3.05, 3.63) is 58.6 Å². The summed E-state index contributed by atoms with van der Waals surface area (Å²) in [5.74, 6) is -0.444. The van der Waals surface area contributed by atoms with Crippen molar-refractivity contribution in [1.82, 2.24) is 4.72 Å². The zero-order valence-corrected chi connectivity index (χ0v) is 14.3. The van der Waals surface area contributed by atoms with Crippen LogP contribution in [0.25, 0.3) is 0 Å². The predicted molar refractivity (Wildman–Crippen MR) is 91.2 cm³/mol. The van der Waals surface area contributed by atoms with Crippen LogP contribution < -0.4 is 10.0 Å². The average molecular weight is 353 g/mol. The van der Waals surface area contributed by atoms with Crippen molar-refractivity contribution in [2.75, 3.05) is 11.9 Å². The van der Waals surface area contributed by atoms with Gasteiger partial charge in [0.25, 0.3) is 0 Å². The molecule has 0 bridgehead atoms. The van der Waals surface area contributed by atoms with E-state index in [9.17, 15) is 13.2 Å². The van der Waals surface area contributed by atoms with Gasteiger partial charge in [0.2, 0.25) is 15.9 Å². The van der Waals surface area contributed by atoms with Crippen molar-refractivity contribution in [3.63, 3.8) is 0 Å². The molecule has 1 amide bonds. The molecule has 2 N–H and O–H groups in total. The van der Waals surface area contributed by atoms with E-state index in [1.54, 1.807) is 6.07 Å². The highest BCUT2D eigenvalue weighted by Gasteiger charge is 2.15. The number of halogens is 1. The van der Waals surface area contributed by atoms with E-state index in [1.165, 1.54) is 18.2 Å². The molecule has 0 heterocycles. The van der Waals surface area contributed by atoms with Crippen LogP contribution in [0.4, 0.5) is 5.69 Å². The Bertz CT molecular complexity index is 815. The van der Waals surface area contributed by atoms with Crippen LogP contribution in [0, 0.1) is 13.8 Å². The third-order valence-corrected chi connectivity index (χ3v) is 4.67. The van der Waals surface area contributed by atoms with Crippen molar-refractivity contribution in [2.45, 2.75) is 18.7 Å². The van der Waals surface area contributed by atoms with E-state index >= 15 is 0 Å². The van der Waals surface area contributed by atoms with E-state index in [4.69, 9.17) is 11.6 Å². The first-order valence-electron chi connectivity index (χ1n) is 6.90. The molecule has 0 saturated heterocycles. The molecule has 0 fully saturated rings. The van der Waals surface area contributed by atoms with Gasteiger partial charge in [-0.15, -0.1) is 0 Å². The van der Waals surface area contributed by atoms with Crippen LogP contribution in [0.3, 0.4) is 0 Å². The summed E-state index contributed by atoms with van der Waals surface area (Å²) < 4.78 is 26.5. The molecule has 7 heteroatoms. The van der Waals surface area contributed by atoms with Gasteiger partial charge in [-0.3, -0.25) is 4.79 Å². The molecule has 122 valence electrons. The molecular formula is C16H17ClN2O3S. The van der Waals surface area contributed by atoms with Crippen molar-refractivity contribution in [2.24, 2.45) is 0 Å². The largest absolute Gasteiger partial charge is 0.325 e. The molecule has 2 rings (SSSR count). The van der Waals surface area contributed by atoms with Gasteiger partial charge in [0.05, 0.1) is 11.4 Å². The van der Waals surface area contributed by atoms with Crippen LogP contribution in [0.5, 0.6) is 0 Å². The summed E-state index contributed by atoms with van der Waals surface area (Å²) in [6.07, 6.45) is 0. The quantitative estimate of drug-likeness (QED) is 0.868. The Balaban J connectivity index is 2.01. The second-order valence-electron chi connectivity index (χ2n) is 5.21. The first-order chi connectivity index (χ1) is 10.8. The normalized spacial score (nSPS) is 11.3. The Hall–Kier alpha value is -1.89. The average Bonchev–Trinajstić information content (AvgIpc) is 2.44. The van der Waals surface area contributed by atoms with Crippen LogP contribution >= 0.6 is 11.6 Å². The minimum atomic E-state index is -3.78. The molecule has 2 aromatic rings. The lowest BCUT2D eigenvalue weighted by Gasteiger charge is -2.09. The summed E-state index contributed by atoms with van der Waals surface area (Å²) in [5, 5.41) is 2.98. The number of anilines is 1. The Morgan fingerprint density at radius 1 is 1.09 bits per heavy atom. The van der Waals surface area contributed by atoms with Crippen LogP contribution in [-0.4, -0.2) is 20.9 Å². The molecule has 5 nitrogen and oxygen atoms in total. The van der Waals surface area contributed by atoms with Crippen LogP contribution in [0.15, 0.2) is 47.4 Å². The van der Waals surface area contributed by atoms with Crippen molar-refractivity contribution >= 4 is 33.2 Å². The van der Waals surface area contributed by atoms with Gasteiger partial charge in [-0.05, 0) is 55.3 Å². The number of sulfonamides is 1. The number of aryl methyl sites for hydroxylation is 2. The summed E-state index contributed by atoms with van der Waals surface area (Å²) in [5.41, 5.74) is 2.66. The molecular weight excluding hydrogens is 336 g/mol. The maximum absolute atomic E-state index is 12.1. The lowest BCUT2D eigenvalue weighted by Crippen LogP contribution is -2.32. The molecule has 0 spiro atoms. The van der Waals surface area contributed by atoms with Crippen LogP contribution in [0.1, 0.15) is 11.1 Å². The highest BCUT2D eigenvalue weighted by Crippen LogP contribution is 2.15. The minimum absolute atomic E-state index is 0.0178. The molecule has 23 heavy (non-hydrogen) atoms. The summed E-state index contributed by atoms with van der Waals surface area (Å²) >= 11 is 5.78. The van der Waals surface area contributed by atoms with E-state index in [-0.39, 0.29) is 11.4 Å². The zero-order valence-electron chi connectivity index (χ0n) is 12.8. The van der Waals surface area contributed by atoms with Crippen LogP contribution in [-0.2, 0) is 14.8 Å². The summed E-state index contributed by atoms with van der Waals surface area (Å²) in [4.78, 5) is 11.9. The molecule has 0 radical (unpaired) electrons. The Morgan fingerprint density at radius 3 is 2.35 bits per heavy atom. The fraction of sp³-hybridized carbons (Fsp3) is 0.188. The molecule has 0 aliphatic rings. The highest BCUT2D eigenvalue weighted by molar-refractivity contribution is 7.89. The van der Waals surface area contributed by atoms with Crippen molar-refractivity contribution in [1.29, 1.82) is 0 Å². The number of carbonyl (C=O) groups is 1. The second-order valence-corrected chi connectivity index (χ2v) is 7.41. The Kier molecular flexibility index (Phi) is 5.41. The lowest BCUT2D eigenvalue weighted by atomic mass is 10.1. The first-order valence-corrected chi connectivity index (χ1v) is 8.76. The highest BCUT2D eigenvalue weighted by atomic mass is 35.5. The summed E-state index contributed by atoms with van der Waals surface area (Å²) in [7, 11) is -3.78. The van der Waals surface area contributed by atoms with Gasteiger partial charge in [0.15, 0.2) is 0 Å². The number of nitrogens with one attached hydrogen (secondary N) is 2. The number of carbonyl (C=O) groups excluding carboxylic acids is 1. The minimum Gasteiger partial charge on any atom is -0.325 e. The number of benzene rings is 2. The number of hydrogen-bond donors (Lipinski definition) is 2. The Labute approximate surface area is 140 Å². The van der Waals surface area contributed by atoms with Gasteiger partial charge in [-0.1, -0.05) is 23.7 Å². The van der Waals surface area contributed by atoms with Crippen LogP contribution in [0.2, 0.25) is 5.02 Å². The van der Waals surface area contributed by atoms with E-state index in [0.717, 1.165) is 11.1 Å². The van der Waals surface area contributed by atoms with Gasteiger partial charge in [-0.2, -0.15) is 0 Å². The topological polar surface area (TPSA) is 75.3 Å². The molecule has 2 aromatic carbocycles. The standard InChI is InChI=1S/C16H17ClN2O3S/c1-11-6-12(2)8-14(7-11)19-16(20)10-18-23(21,22)15-5-3-4-13(17)9-15/h3-9,18H,10H2,1-2H3,(H,19,20). The monoisotopic (exact) mass is 352 g/mol. The van der Waals surface area contributed by atoms with Gasteiger partial charge in [-0.25, -0.2) is 13.1 Å². The Morgan fingerprint density at radius 2 is 1.74 bits per heavy atom. The molecule has 0 aliphatic carbocycles. The molecule has 0 unspecified atom stereocenters. The lowest BCUT2D eigenvalue weighted by molar-refractivity contribution is -0.115. The molecule has 0 aromatic heterocycles. The van der Waals surface area contributed by atoms with E-state index in [1.807, 2.05) is 32.0 Å². The van der Waals surface area contributed by atoms with E-state index in [0.29, 0.717) is 10.7 Å². The maximum atomic E-state index is 12.1. The first kappa shape index (κ1) is 17.5. The van der Waals surface area contributed by atoms with Gasteiger partial charge < -0.3 is 5.32 Å². The van der Waals surface area contributed by atoms with E-state index in [2.05, 4.69) is 10.0 Å².